The third-order valence-electron chi connectivity index (χ3n) is 4.72. The molecule has 25 heavy (non-hydrogen) atoms. The second kappa shape index (κ2) is 4.80. The van der Waals surface area contributed by atoms with Crippen molar-refractivity contribution in [1.29, 1.82) is 0 Å². The van der Waals surface area contributed by atoms with E-state index >= 15 is 0 Å². The molecular formula is C20H13NO3S. The number of carbonyl (C=O) groups is 1. The first-order valence-corrected chi connectivity index (χ1v) is 8.28. The molecule has 5 rings (SSSR count). The Morgan fingerprint density at radius 1 is 0.880 bits per heavy atom. The molecule has 2 aliphatic heterocycles. The summed E-state index contributed by atoms with van der Waals surface area (Å²) in [7, 11) is 0. The van der Waals surface area contributed by atoms with E-state index in [2.05, 4.69) is 12.6 Å². The highest BCUT2D eigenvalue weighted by atomic mass is 32.1. The molecule has 2 heterocycles. The number of nitrogens with two attached hydrogens (primary N) is 1. The number of anilines is 1. The number of hydrogen-bond donors (Lipinski definition) is 2. The Balaban J connectivity index is 1.91. The lowest BCUT2D eigenvalue weighted by Crippen LogP contribution is -2.33. The predicted octanol–water partition coefficient (Wildman–Crippen LogP) is 4.13. The summed E-state index contributed by atoms with van der Waals surface area (Å²) in [6, 6.07) is 18.4. The number of benzene rings is 3. The quantitative estimate of drug-likeness (QED) is 0.365. The molecule has 3 aromatic rings. The Morgan fingerprint density at radius 3 is 2.44 bits per heavy atom. The van der Waals surface area contributed by atoms with E-state index in [0.29, 0.717) is 22.7 Å². The van der Waals surface area contributed by atoms with Crippen LogP contribution in [0.15, 0.2) is 65.6 Å². The molecule has 2 N–H and O–H groups in total. The van der Waals surface area contributed by atoms with Crippen molar-refractivity contribution in [1.82, 2.24) is 0 Å². The number of ether oxygens (including phenoxy) is 2. The van der Waals surface area contributed by atoms with Gasteiger partial charge in [0.25, 0.3) is 0 Å². The maximum absolute atomic E-state index is 12.6. The summed E-state index contributed by atoms with van der Waals surface area (Å²) in [5.74, 6) is 0.840. The van der Waals surface area contributed by atoms with E-state index in [9.17, 15) is 4.79 Å². The molecule has 0 saturated heterocycles. The Labute approximate surface area is 149 Å². The van der Waals surface area contributed by atoms with Gasteiger partial charge in [0.15, 0.2) is 5.60 Å². The van der Waals surface area contributed by atoms with Crippen molar-refractivity contribution in [3.63, 3.8) is 0 Å². The molecule has 0 fully saturated rings. The highest BCUT2D eigenvalue weighted by Crippen LogP contribution is 2.56. The number of nitrogen functional groups attached to an aromatic ring is 1. The fourth-order valence-corrected chi connectivity index (χ4v) is 3.87. The van der Waals surface area contributed by atoms with Crippen molar-refractivity contribution < 1.29 is 14.3 Å². The first-order valence-electron chi connectivity index (χ1n) is 7.84. The molecule has 3 aromatic carbocycles. The summed E-state index contributed by atoms with van der Waals surface area (Å²) in [5, 5.41) is 0. The van der Waals surface area contributed by atoms with Crippen molar-refractivity contribution in [3.8, 4) is 11.5 Å². The van der Waals surface area contributed by atoms with Gasteiger partial charge < -0.3 is 15.2 Å². The number of fused-ring (bicyclic) bond motifs is 6. The lowest BCUT2D eigenvalue weighted by Gasteiger charge is -2.36. The van der Waals surface area contributed by atoms with Gasteiger partial charge in [-0.3, -0.25) is 0 Å². The van der Waals surface area contributed by atoms with Crippen molar-refractivity contribution in [2.45, 2.75) is 10.5 Å². The van der Waals surface area contributed by atoms with Gasteiger partial charge in [0.05, 0.1) is 5.56 Å². The molecule has 1 unspecified atom stereocenters. The summed E-state index contributed by atoms with van der Waals surface area (Å²) in [6.07, 6.45) is 0. The van der Waals surface area contributed by atoms with Gasteiger partial charge in [0, 0.05) is 33.3 Å². The molecule has 4 nitrogen and oxygen atoms in total. The van der Waals surface area contributed by atoms with E-state index in [1.807, 2.05) is 42.5 Å². The zero-order valence-electron chi connectivity index (χ0n) is 13.0. The van der Waals surface area contributed by atoms with Crippen molar-refractivity contribution in [3.05, 3.63) is 82.9 Å². The first kappa shape index (κ1) is 14.4. The second-order valence-electron chi connectivity index (χ2n) is 6.15. The van der Waals surface area contributed by atoms with Gasteiger partial charge >= 0.3 is 5.97 Å². The van der Waals surface area contributed by atoms with Gasteiger partial charge in [-0.1, -0.05) is 18.2 Å². The minimum absolute atomic E-state index is 0.346. The smallest absolute Gasteiger partial charge is 0.340 e. The molecular weight excluding hydrogens is 334 g/mol. The highest BCUT2D eigenvalue weighted by Gasteiger charge is 2.53. The van der Waals surface area contributed by atoms with Crippen LogP contribution in [0.5, 0.6) is 11.5 Å². The van der Waals surface area contributed by atoms with Crippen LogP contribution in [0.2, 0.25) is 0 Å². The Kier molecular flexibility index (Phi) is 2.77. The van der Waals surface area contributed by atoms with Crippen LogP contribution in [0.25, 0.3) is 0 Å². The fraction of sp³-hybridized carbons (Fsp3) is 0.0500. The molecule has 2 aliphatic rings. The van der Waals surface area contributed by atoms with Crippen LogP contribution in [0.1, 0.15) is 27.0 Å². The third-order valence-corrected chi connectivity index (χ3v) is 5.00. The maximum atomic E-state index is 12.6. The van der Waals surface area contributed by atoms with Crippen LogP contribution in [-0.4, -0.2) is 5.97 Å². The molecule has 122 valence electrons. The van der Waals surface area contributed by atoms with Gasteiger partial charge in [-0.05, 0) is 36.4 Å². The molecule has 0 aliphatic carbocycles. The Hall–Kier alpha value is -2.92. The molecule has 0 amide bonds. The fourth-order valence-electron chi connectivity index (χ4n) is 3.68. The van der Waals surface area contributed by atoms with Crippen LogP contribution >= 0.6 is 12.6 Å². The van der Waals surface area contributed by atoms with Crippen molar-refractivity contribution in [2.24, 2.45) is 0 Å². The van der Waals surface area contributed by atoms with E-state index in [-0.39, 0.29) is 5.97 Å². The summed E-state index contributed by atoms with van der Waals surface area (Å²) in [4.78, 5) is 13.4. The van der Waals surface area contributed by atoms with E-state index < -0.39 is 5.60 Å². The average Bonchev–Trinajstić information content (AvgIpc) is 2.88. The van der Waals surface area contributed by atoms with Crippen LogP contribution in [0.3, 0.4) is 0 Å². The normalized spacial score (nSPS) is 19.6. The zero-order valence-corrected chi connectivity index (χ0v) is 13.9. The number of hydrogen-bond acceptors (Lipinski definition) is 5. The summed E-state index contributed by atoms with van der Waals surface area (Å²) < 4.78 is 12.1. The van der Waals surface area contributed by atoms with Gasteiger partial charge in [0.2, 0.25) is 0 Å². The number of rotatable bonds is 0. The van der Waals surface area contributed by atoms with E-state index in [4.69, 9.17) is 15.2 Å². The van der Waals surface area contributed by atoms with Crippen LogP contribution < -0.4 is 10.5 Å². The first-order chi connectivity index (χ1) is 12.1. The molecule has 1 spiro atoms. The van der Waals surface area contributed by atoms with E-state index in [1.54, 1.807) is 18.2 Å². The van der Waals surface area contributed by atoms with E-state index in [1.165, 1.54) is 0 Å². The Morgan fingerprint density at radius 2 is 1.60 bits per heavy atom. The third kappa shape index (κ3) is 1.81. The number of esters is 1. The molecule has 5 heteroatoms. The molecule has 0 radical (unpaired) electrons. The summed E-state index contributed by atoms with van der Waals surface area (Å²) >= 11 is 4.40. The van der Waals surface area contributed by atoms with E-state index in [0.717, 1.165) is 21.6 Å². The van der Waals surface area contributed by atoms with Crippen molar-refractivity contribution in [2.75, 3.05) is 5.73 Å². The van der Waals surface area contributed by atoms with Crippen LogP contribution in [0, 0.1) is 0 Å². The highest BCUT2D eigenvalue weighted by molar-refractivity contribution is 7.80. The largest absolute Gasteiger partial charge is 0.456 e. The lowest BCUT2D eigenvalue weighted by molar-refractivity contribution is 0.0224. The number of carbonyl (C=O) groups excluding carboxylic acids is 1. The molecule has 0 saturated carbocycles. The summed E-state index contributed by atoms with van der Waals surface area (Å²) in [5.41, 5.74) is 8.40. The maximum Gasteiger partial charge on any atom is 0.340 e. The zero-order chi connectivity index (χ0) is 17.2. The van der Waals surface area contributed by atoms with Crippen molar-refractivity contribution >= 4 is 24.3 Å². The van der Waals surface area contributed by atoms with Gasteiger partial charge in [-0.25, -0.2) is 4.79 Å². The molecule has 1 atom stereocenters. The topological polar surface area (TPSA) is 61.6 Å². The molecule has 0 aromatic heterocycles. The predicted molar refractivity (Wildman–Crippen MR) is 96.4 cm³/mol. The standard InChI is InChI=1S/C20H13NO3S/c21-11-5-7-15-17(9-11)23-18-10-12(25)6-8-16(18)20(15)14-4-2-1-3-13(14)19(22)24-20/h1-10,25H,21H2. The molecule has 0 bridgehead atoms. The van der Waals surface area contributed by atoms with Crippen LogP contribution in [-0.2, 0) is 10.3 Å². The minimum atomic E-state index is -1.04. The average molecular weight is 347 g/mol. The number of thiol groups is 1. The van der Waals surface area contributed by atoms with Gasteiger partial charge in [0.1, 0.15) is 11.5 Å². The lowest BCUT2D eigenvalue weighted by atomic mass is 9.77. The Bertz CT molecular complexity index is 1010. The van der Waals surface area contributed by atoms with Crippen LogP contribution in [0.4, 0.5) is 5.69 Å². The van der Waals surface area contributed by atoms with Gasteiger partial charge in [-0.15, -0.1) is 12.6 Å². The van der Waals surface area contributed by atoms with Gasteiger partial charge in [-0.2, -0.15) is 0 Å². The monoisotopic (exact) mass is 347 g/mol. The second-order valence-corrected chi connectivity index (χ2v) is 6.67. The SMILES string of the molecule is Nc1ccc2c(c1)Oc1cc(S)ccc1C21OC(=O)c2ccccc21. The minimum Gasteiger partial charge on any atom is -0.456 e. The summed E-state index contributed by atoms with van der Waals surface area (Å²) in [6.45, 7) is 0.